The highest BCUT2D eigenvalue weighted by Crippen LogP contribution is 2.46. The summed E-state index contributed by atoms with van der Waals surface area (Å²) < 4.78 is 95.9. The fraction of sp³-hybridized carbons (Fsp3) is 0.417. The number of ether oxygens (including phenoxy) is 3. The number of nitrogens with zero attached hydrogens (tertiary/aromatic N) is 1. The minimum absolute atomic E-state index is 0.0371. The number of carbonyl (C=O) groups is 2. The fourth-order valence-electron chi connectivity index (χ4n) is 4.20. The van der Waals surface area contributed by atoms with Gasteiger partial charge in [0.15, 0.2) is 17.3 Å². The highest BCUT2D eigenvalue weighted by Gasteiger charge is 2.42. The van der Waals surface area contributed by atoms with E-state index in [0.717, 1.165) is 0 Å². The zero-order valence-electron chi connectivity index (χ0n) is 19.7. The number of fused-ring (bicyclic) bond motifs is 1. The van der Waals surface area contributed by atoms with Crippen molar-refractivity contribution in [2.75, 3.05) is 25.7 Å². The number of carbonyl (C=O) groups excluding carboxylic acids is 2. The third-order valence-corrected chi connectivity index (χ3v) is 5.84. The number of ketones is 1. The SMILES string of the molecule is CCOC(=O)N1c2cc(OC)c(OC)cc2[C@H](C(=O)c2cc(C(F)(F)F)cc(C(F)(F)F)c2)C[C@H]1C. The van der Waals surface area contributed by atoms with E-state index >= 15 is 0 Å². The van der Waals surface area contributed by atoms with Crippen LogP contribution < -0.4 is 14.4 Å². The van der Waals surface area contributed by atoms with Crippen LogP contribution in [0.25, 0.3) is 0 Å². The van der Waals surface area contributed by atoms with Gasteiger partial charge in [0.1, 0.15) is 0 Å². The van der Waals surface area contributed by atoms with Crippen LogP contribution in [0.2, 0.25) is 0 Å². The molecule has 1 amide bonds. The summed E-state index contributed by atoms with van der Waals surface area (Å²) in [5.74, 6) is -1.78. The quantitative estimate of drug-likeness (QED) is 0.335. The Bertz CT molecular complexity index is 1130. The Morgan fingerprint density at radius 3 is 1.92 bits per heavy atom. The molecule has 2 aromatic rings. The van der Waals surface area contributed by atoms with Crippen LogP contribution in [0.3, 0.4) is 0 Å². The van der Waals surface area contributed by atoms with Crippen molar-refractivity contribution in [3.8, 4) is 11.5 Å². The summed E-state index contributed by atoms with van der Waals surface area (Å²) in [5, 5.41) is 0. The second-order valence-electron chi connectivity index (χ2n) is 8.13. The van der Waals surface area contributed by atoms with Crippen LogP contribution in [-0.4, -0.2) is 38.7 Å². The molecule has 2 aromatic carbocycles. The molecule has 0 aliphatic carbocycles. The van der Waals surface area contributed by atoms with E-state index in [2.05, 4.69) is 0 Å². The maximum absolute atomic E-state index is 13.5. The molecule has 0 saturated carbocycles. The first-order chi connectivity index (χ1) is 16.7. The van der Waals surface area contributed by atoms with Gasteiger partial charge in [0.05, 0.1) is 43.6 Å². The monoisotopic (exact) mass is 519 g/mol. The van der Waals surface area contributed by atoms with Gasteiger partial charge >= 0.3 is 18.4 Å². The molecule has 2 atom stereocenters. The molecule has 12 heteroatoms. The van der Waals surface area contributed by atoms with Crippen LogP contribution in [0.4, 0.5) is 36.8 Å². The van der Waals surface area contributed by atoms with E-state index in [0.29, 0.717) is 12.1 Å². The van der Waals surface area contributed by atoms with Crippen molar-refractivity contribution >= 4 is 17.6 Å². The van der Waals surface area contributed by atoms with Crippen molar-refractivity contribution in [1.82, 2.24) is 0 Å². The van der Waals surface area contributed by atoms with E-state index < -0.39 is 52.9 Å². The standard InChI is InChI=1S/C24H23F6NO5/c1-5-36-22(33)31-12(2)6-17(16-10-19(34-3)20(35-4)11-18(16)31)21(32)13-7-14(23(25,26)27)9-15(8-13)24(28,29)30/h7-12,17H,5-6H2,1-4H3/t12-,17-/m1/s1. The van der Waals surface area contributed by atoms with Gasteiger partial charge < -0.3 is 14.2 Å². The number of benzene rings is 2. The number of hydrogen-bond acceptors (Lipinski definition) is 5. The number of halogens is 6. The maximum Gasteiger partial charge on any atom is 0.416 e. The lowest BCUT2D eigenvalue weighted by Gasteiger charge is -2.38. The number of Topliss-reactive ketones (excluding diaryl/α,β-unsaturated/α-hetero) is 1. The van der Waals surface area contributed by atoms with Crippen molar-refractivity contribution in [3.05, 3.63) is 52.6 Å². The summed E-state index contributed by atoms with van der Waals surface area (Å²) in [5.41, 5.74) is -3.59. The number of hydrogen-bond donors (Lipinski definition) is 0. The second kappa shape index (κ2) is 9.90. The summed E-state index contributed by atoms with van der Waals surface area (Å²) in [4.78, 5) is 27.4. The lowest BCUT2D eigenvalue weighted by Crippen LogP contribution is -2.44. The first-order valence-corrected chi connectivity index (χ1v) is 10.8. The fourth-order valence-corrected chi connectivity index (χ4v) is 4.20. The molecule has 0 N–H and O–H groups in total. The normalized spacial score (nSPS) is 17.9. The number of rotatable bonds is 5. The molecule has 0 spiro atoms. The molecule has 0 unspecified atom stereocenters. The predicted octanol–water partition coefficient (Wildman–Crippen LogP) is 6.46. The molecule has 0 bridgehead atoms. The van der Waals surface area contributed by atoms with Crippen LogP contribution in [0.1, 0.15) is 53.2 Å². The number of methoxy groups -OCH3 is 2. The molecule has 1 heterocycles. The number of anilines is 1. The van der Waals surface area contributed by atoms with E-state index in [1.54, 1.807) is 13.8 Å². The zero-order valence-corrected chi connectivity index (χ0v) is 19.7. The minimum atomic E-state index is -5.11. The van der Waals surface area contributed by atoms with Gasteiger partial charge in [0, 0.05) is 17.7 Å². The summed E-state index contributed by atoms with van der Waals surface area (Å²) >= 11 is 0. The van der Waals surface area contributed by atoms with Crippen LogP contribution in [0.15, 0.2) is 30.3 Å². The highest BCUT2D eigenvalue weighted by atomic mass is 19.4. The van der Waals surface area contributed by atoms with Gasteiger partial charge in [0.25, 0.3) is 0 Å². The van der Waals surface area contributed by atoms with E-state index in [1.165, 1.54) is 31.3 Å². The Labute approximate surface area is 202 Å². The molecular weight excluding hydrogens is 496 g/mol. The van der Waals surface area contributed by atoms with Crippen molar-refractivity contribution in [2.45, 2.75) is 44.6 Å². The van der Waals surface area contributed by atoms with E-state index in [1.807, 2.05) is 0 Å². The summed E-state index contributed by atoms with van der Waals surface area (Å²) in [6.07, 6.45) is -11.0. The molecule has 0 saturated heterocycles. The van der Waals surface area contributed by atoms with E-state index in [-0.39, 0.29) is 41.8 Å². The van der Waals surface area contributed by atoms with Crippen molar-refractivity contribution in [3.63, 3.8) is 0 Å². The van der Waals surface area contributed by atoms with Gasteiger partial charge in [-0.1, -0.05) is 0 Å². The van der Waals surface area contributed by atoms with Crippen molar-refractivity contribution in [2.24, 2.45) is 0 Å². The smallest absolute Gasteiger partial charge is 0.416 e. The van der Waals surface area contributed by atoms with Crippen LogP contribution in [-0.2, 0) is 17.1 Å². The number of alkyl halides is 6. The van der Waals surface area contributed by atoms with Gasteiger partial charge in [-0.15, -0.1) is 0 Å². The van der Waals surface area contributed by atoms with Crippen molar-refractivity contribution < 1.29 is 50.1 Å². The summed E-state index contributed by atoms with van der Waals surface area (Å²) in [6, 6.07) is 2.88. The summed E-state index contributed by atoms with van der Waals surface area (Å²) in [6.45, 7) is 3.24. The zero-order chi connectivity index (χ0) is 27.0. The average Bonchev–Trinajstić information content (AvgIpc) is 2.80. The number of amides is 1. The second-order valence-corrected chi connectivity index (χ2v) is 8.13. The molecular formula is C24H23F6NO5. The molecule has 0 fully saturated rings. The average molecular weight is 519 g/mol. The molecule has 0 aromatic heterocycles. The van der Waals surface area contributed by atoms with Gasteiger partial charge in [0.2, 0.25) is 0 Å². The molecule has 6 nitrogen and oxygen atoms in total. The summed E-state index contributed by atoms with van der Waals surface area (Å²) in [7, 11) is 2.66. The third-order valence-electron chi connectivity index (χ3n) is 5.84. The Balaban J connectivity index is 2.21. The van der Waals surface area contributed by atoms with Gasteiger partial charge in [-0.3, -0.25) is 9.69 Å². The topological polar surface area (TPSA) is 65.1 Å². The van der Waals surface area contributed by atoms with Crippen LogP contribution >= 0.6 is 0 Å². The Kier molecular flexibility index (Phi) is 7.47. The molecule has 196 valence electrons. The van der Waals surface area contributed by atoms with Gasteiger partial charge in [-0.05, 0) is 50.1 Å². The third kappa shape index (κ3) is 5.21. The minimum Gasteiger partial charge on any atom is -0.493 e. The molecule has 0 radical (unpaired) electrons. The van der Waals surface area contributed by atoms with Crippen LogP contribution in [0.5, 0.6) is 11.5 Å². The van der Waals surface area contributed by atoms with E-state index in [4.69, 9.17) is 14.2 Å². The largest absolute Gasteiger partial charge is 0.493 e. The molecule has 1 aliphatic rings. The first kappa shape index (κ1) is 27.2. The first-order valence-electron chi connectivity index (χ1n) is 10.8. The molecule has 3 rings (SSSR count). The van der Waals surface area contributed by atoms with Gasteiger partial charge in [-0.2, -0.15) is 26.3 Å². The maximum atomic E-state index is 13.5. The molecule has 36 heavy (non-hydrogen) atoms. The van der Waals surface area contributed by atoms with Crippen LogP contribution in [0, 0.1) is 0 Å². The Morgan fingerprint density at radius 1 is 0.917 bits per heavy atom. The van der Waals surface area contributed by atoms with Crippen molar-refractivity contribution in [1.29, 1.82) is 0 Å². The lowest BCUT2D eigenvalue weighted by molar-refractivity contribution is -0.143. The Hall–Kier alpha value is -3.44. The highest BCUT2D eigenvalue weighted by molar-refractivity contribution is 6.04. The lowest BCUT2D eigenvalue weighted by atomic mass is 9.80. The van der Waals surface area contributed by atoms with E-state index in [9.17, 15) is 35.9 Å². The Morgan fingerprint density at radius 2 is 1.44 bits per heavy atom. The predicted molar refractivity (Wildman–Crippen MR) is 117 cm³/mol. The van der Waals surface area contributed by atoms with Gasteiger partial charge in [-0.25, -0.2) is 4.79 Å². The molecule has 1 aliphatic heterocycles.